The van der Waals surface area contributed by atoms with E-state index in [4.69, 9.17) is 32.7 Å². The number of aliphatic hydroxyl groups is 1. The van der Waals surface area contributed by atoms with Gasteiger partial charge >= 0.3 is 0 Å². The van der Waals surface area contributed by atoms with Crippen molar-refractivity contribution in [3.63, 3.8) is 0 Å². The van der Waals surface area contributed by atoms with Gasteiger partial charge in [-0.1, -0.05) is 41.4 Å². The highest BCUT2D eigenvalue weighted by atomic mass is 35.5. The van der Waals surface area contributed by atoms with Crippen molar-refractivity contribution in [1.82, 2.24) is 0 Å². The van der Waals surface area contributed by atoms with Crippen molar-refractivity contribution < 1.29 is 24.2 Å². The Morgan fingerprint density at radius 2 is 1.64 bits per heavy atom. The van der Waals surface area contributed by atoms with E-state index in [9.17, 15) is 14.7 Å². The molecule has 0 spiro atoms. The van der Waals surface area contributed by atoms with Gasteiger partial charge < -0.3 is 14.6 Å². The fourth-order valence-electron chi connectivity index (χ4n) is 4.17. The number of halogens is 2. The van der Waals surface area contributed by atoms with Crippen LogP contribution < -0.4 is 14.4 Å². The zero-order valence-corrected chi connectivity index (χ0v) is 21.6. The molecular formula is C28H25Cl2NO5. The second kappa shape index (κ2) is 10.6. The Kier molecular flexibility index (Phi) is 7.57. The van der Waals surface area contributed by atoms with Crippen molar-refractivity contribution in [2.24, 2.45) is 0 Å². The molecule has 0 aliphatic carbocycles. The highest BCUT2D eigenvalue weighted by molar-refractivity contribution is 6.52. The maximum atomic E-state index is 13.4. The van der Waals surface area contributed by atoms with E-state index in [1.807, 2.05) is 20.8 Å². The maximum absolute atomic E-state index is 13.4. The molecule has 3 aromatic carbocycles. The number of carbonyl (C=O) groups is 2. The molecule has 1 amide bonds. The smallest absolute Gasteiger partial charge is 0.300 e. The zero-order chi connectivity index (χ0) is 26.0. The molecule has 1 N–H and O–H groups in total. The lowest BCUT2D eigenvalue weighted by Crippen LogP contribution is -2.29. The van der Waals surface area contributed by atoms with Crippen LogP contribution in [-0.4, -0.2) is 30.0 Å². The molecule has 1 unspecified atom stereocenters. The molecule has 0 bridgehead atoms. The monoisotopic (exact) mass is 525 g/mol. The number of aryl methyl sites for hydroxylation is 1. The lowest BCUT2D eigenvalue weighted by atomic mass is 9.94. The molecule has 1 fully saturated rings. The quantitative estimate of drug-likeness (QED) is 0.210. The number of amides is 1. The normalized spacial score (nSPS) is 16.9. The van der Waals surface area contributed by atoms with E-state index in [1.54, 1.807) is 60.7 Å². The number of hydrogen-bond acceptors (Lipinski definition) is 5. The minimum atomic E-state index is -0.915. The number of hydrogen-bond donors (Lipinski definition) is 1. The SMILES string of the molecule is CCOc1ccc(/C(O)=C2/C(=O)C(=O)N(c3ccc(C)c(Cl)c3)C2c2ccc(Cl)cc2)c(OCC)c1. The Bertz CT molecular complexity index is 1350. The van der Waals surface area contributed by atoms with Crippen molar-refractivity contribution in [1.29, 1.82) is 0 Å². The predicted molar refractivity (Wildman–Crippen MR) is 141 cm³/mol. The van der Waals surface area contributed by atoms with Gasteiger partial charge in [0.2, 0.25) is 0 Å². The summed E-state index contributed by atoms with van der Waals surface area (Å²) < 4.78 is 11.3. The summed E-state index contributed by atoms with van der Waals surface area (Å²) in [6.45, 7) is 6.30. The summed E-state index contributed by atoms with van der Waals surface area (Å²) in [5, 5.41) is 12.4. The fraction of sp³-hybridized carbons (Fsp3) is 0.214. The van der Waals surface area contributed by atoms with Crippen molar-refractivity contribution in [2.45, 2.75) is 26.8 Å². The molecule has 0 saturated carbocycles. The Morgan fingerprint density at radius 1 is 0.944 bits per heavy atom. The van der Waals surface area contributed by atoms with Gasteiger partial charge in [-0.25, -0.2) is 0 Å². The van der Waals surface area contributed by atoms with E-state index in [0.29, 0.717) is 46.0 Å². The van der Waals surface area contributed by atoms with E-state index in [1.165, 1.54) is 4.90 Å². The first-order valence-corrected chi connectivity index (χ1v) is 12.2. The van der Waals surface area contributed by atoms with E-state index in [2.05, 4.69) is 0 Å². The summed E-state index contributed by atoms with van der Waals surface area (Å²) in [4.78, 5) is 28.1. The van der Waals surface area contributed by atoms with Crippen LogP contribution in [0.1, 0.15) is 36.6 Å². The molecule has 1 aliphatic rings. The molecule has 3 aromatic rings. The molecule has 36 heavy (non-hydrogen) atoms. The van der Waals surface area contributed by atoms with Crippen LogP contribution in [0.5, 0.6) is 11.5 Å². The van der Waals surface area contributed by atoms with E-state index in [0.717, 1.165) is 5.56 Å². The molecule has 1 saturated heterocycles. The first-order chi connectivity index (χ1) is 17.3. The van der Waals surface area contributed by atoms with Gasteiger partial charge in [-0.15, -0.1) is 0 Å². The third-order valence-electron chi connectivity index (χ3n) is 5.88. The first-order valence-electron chi connectivity index (χ1n) is 11.5. The molecule has 1 atom stereocenters. The molecule has 0 radical (unpaired) electrons. The topological polar surface area (TPSA) is 76.1 Å². The number of benzene rings is 3. The van der Waals surface area contributed by atoms with Gasteiger partial charge in [-0.3, -0.25) is 14.5 Å². The summed E-state index contributed by atoms with van der Waals surface area (Å²) in [5.74, 6) is -1.05. The zero-order valence-electron chi connectivity index (χ0n) is 20.0. The van der Waals surface area contributed by atoms with Gasteiger partial charge in [0.15, 0.2) is 0 Å². The third kappa shape index (κ3) is 4.79. The molecule has 186 valence electrons. The van der Waals surface area contributed by atoms with Gasteiger partial charge in [0, 0.05) is 21.8 Å². The van der Waals surface area contributed by atoms with Crippen LogP contribution in [0.15, 0.2) is 66.2 Å². The highest BCUT2D eigenvalue weighted by Crippen LogP contribution is 2.44. The van der Waals surface area contributed by atoms with Crippen LogP contribution in [0.4, 0.5) is 5.69 Å². The Morgan fingerprint density at radius 3 is 2.28 bits per heavy atom. The molecule has 8 heteroatoms. The Labute approximate surface area is 219 Å². The average molecular weight is 526 g/mol. The van der Waals surface area contributed by atoms with Crippen LogP contribution >= 0.6 is 23.2 Å². The number of ether oxygens (including phenoxy) is 2. The summed E-state index contributed by atoms with van der Waals surface area (Å²) in [5.41, 5.74) is 2.07. The lowest BCUT2D eigenvalue weighted by Gasteiger charge is -2.26. The number of rotatable bonds is 7. The molecule has 4 rings (SSSR count). The van der Waals surface area contributed by atoms with Gasteiger partial charge in [-0.2, -0.15) is 0 Å². The number of ketones is 1. The predicted octanol–water partition coefficient (Wildman–Crippen LogP) is 6.73. The maximum Gasteiger partial charge on any atom is 0.300 e. The molecule has 6 nitrogen and oxygen atoms in total. The second-order valence-corrected chi connectivity index (χ2v) is 9.02. The molecule has 1 heterocycles. The average Bonchev–Trinajstić information content (AvgIpc) is 3.12. The first kappa shape index (κ1) is 25.6. The van der Waals surface area contributed by atoms with Crippen molar-refractivity contribution in [3.8, 4) is 11.5 Å². The largest absolute Gasteiger partial charge is 0.507 e. The highest BCUT2D eigenvalue weighted by Gasteiger charge is 2.47. The Balaban J connectivity index is 1.95. The van der Waals surface area contributed by atoms with Crippen LogP contribution in [-0.2, 0) is 9.59 Å². The van der Waals surface area contributed by atoms with Gasteiger partial charge in [-0.05, 0) is 68.3 Å². The summed E-state index contributed by atoms with van der Waals surface area (Å²) in [6.07, 6.45) is 0. The number of Topliss-reactive ketones (excluding diaryl/α,β-unsaturated/α-hetero) is 1. The van der Waals surface area contributed by atoms with Gasteiger partial charge in [0.25, 0.3) is 11.7 Å². The summed E-state index contributed by atoms with van der Waals surface area (Å²) in [7, 11) is 0. The number of carbonyl (C=O) groups excluding carboxylic acids is 2. The van der Waals surface area contributed by atoms with Gasteiger partial charge in [0.1, 0.15) is 17.3 Å². The standard InChI is InChI=1S/C28H25Cl2NO5/c1-4-35-20-12-13-21(23(15-20)36-5-2)26(32)24-25(17-7-9-18(29)10-8-17)31(28(34)27(24)33)19-11-6-16(3)22(30)14-19/h6-15,25,32H,4-5H2,1-3H3/b26-24-. The minimum absolute atomic E-state index is 0.0656. The summed E-state index contributed by atoms with van der Waals surface area (Å²) in [6, 6.07) is 15.9. The number of anilines is 1. The van der Waals surface area contributed by atoms with E-state index < -0.39 is 17.7 Å². The van der Waals surface area contributed by atoms with Crippen LogP contribution in [0.3, 0.4) is 0 Å². The van der Waals surface area contributed by atoms with Crippen molar-refractivity contribution in [3.05, 3.63) is 93.0 Å². The van der Waals surface area contributed by atoms with E-state index in [-0.39, 0.29) is 16.9 Å². The van der Waals surface area contributed by atoms with Crippen molar-refractivity contribution >= 4 is 46.3 Å². The summed E-state index contributed by atoms with van der Waals surface area (Å²) >= 11 is 12.5. The number of aliphatic hydroxyl groups excluding tert-OH is 1. The lowest BCUT2D eigenvalue weighted by molar-refractivity contribution is -0.132. The second-order valence-electron chi connectivity index (χ2n) is 8.18. The van der Waals surface area contributed by atoms with Crippen LogP contribution in [0, 0.1) is 6.92 Å². The fourth-order valence-corrected chi connectivity index (χ4v) is 4.47. The minimum Gasteiger partial charge on any atom is -0.507 e. The number of nitrogens with zero attached hydrogens (tertiary/aromatic N) is 1. The van der Waals surface area contributed by atoms with Crippen molar-refractivity contribution in [2.75, 3.05) is 18.1 Å². The third-order valence-corrected chi connectivity index (χ3v) is 6.54. The Hall–Kier alpha value is -3.48. The molecule has 1 aliphatic heterocycles. The molecule has 0 aromatic heterocycles. The molecular weight excluding hydrogens is 501 g/mol. The van der Waals surface area contributed by atoms with Crippen LogP contribution in [0.25, 0.3) is 5.76 Å². The van der Waals surface area contributed by atoms with Crippen LogP contribution in [0.2, 0.25) is 10.0 Å². The van der Waals surface area contributed by atoms with E-state index >= 15 is 0 Å². The van der Waals surface area contributed by atoms with Gasteiger partial charge in [0.05, 0.1) is 30.4 Å².